The van der Waals surface area contributed by atoms with E-state index in [1.807, 2.05) is 55.5 Å². The van der Waals surface area contributed by atoms with E-state index in [1.165, 1.54) is 0 Å². The number of thiazole rings is 1. The number of para-hydroxylation sites is 1. The predicted molar refractivity (Wildman–Crippen MR) is 102 cm³/mol. The molecule has 1 aromatic heterocycles. The summed E-state index contributed by atoms with van der Waals surface area (Å²) in [5.74, 6) is -0.00462. The topological polar surface area (TPSA) is 51.2 Å². The largest absolute Gasteiger partial charge is 0.383 e. The van der Waals surface area contributed by atoms with Gasteiger partial charge in [0.15, 0.2) is 0 Å². The van der Waals surface area contributed by atoms with Crippen LogP contribution in [-0.4, -0.2) is 31.2 Å². The van der Waals surface area contributed by atoms with Gasteiger partial charge in [-0.1, -0.05) is 42.5 Å². The summed E-state index contributed by atoms with van der Waals surface area (Å²) in [5, 5.41) is 3.96. The molecule has 1 atom stereocenters. The fourth-order valence-electron chi connectivity index (χ4n) is 2.88. The molecule has 130 valence electrons. The van der Waals surface area contributed by atoms with Crippen molar-refractivity contribution in [3.8, 4) is 0 Å². The van der Waals surface area contributed by atoms with Crippen molar-refractivity contribution >= 4 is 27.5 Å². The molecular weight excluding hydrogens is 332 g/mol. The van der Waals surface area contributed by atoms with E-state index in [4.69, 9.17) is 9.72 Å². The molecule has 5 heteroatoms. The lowest BCUT2D eigenvalue weighted by molar-refractivity contribution is -0.126. The normalized spacial score (nSPS) is 13.5. The second kappa shape index (κ2) is 7.76. The summed E-state index contributed by atoms with van der Waals surface area (Å²) in [5.41, 5.74) is 1.30. The lowest BCUT2D eigenvalue weighted by Crippen LogP contribution is -2.44. The first-order chi connectivity index (χ1) is 12.1. The lowest BCUT2D eigenvalue weighted by Gasteiger charge is -2.28. The average Bonchev–Trinajstić information content (AvgIpc) is 3.04. The zero-order valence-corrected chi connectivity index (χ0v) is 15.3. The second-order valence-corrected chi connectivity index (χ2v) is 7.31. The average molecular weight is 354 g/mol. The van der Waals surface area contributed by atoms with Gasteiger partial charge in [-0.25, -0.2) is 4.98 Å². The van der Waals surface area contributed by atoms with Crippen molar-refractivity contribution in [2.45, 2.75) is 18.8 Å². The van der Waals surface area contributed by atoms with E-state index in [0.29, 0.717) is 19.6 Å². The predicted octanol–water partition coefficient (Wildman–Crippen LogP) is 3.56. The summed E-state index contributed by atoms with van der Waals surface area (Å²) in [7, 11) is 1.63. The molecule has 25 heavy (non-hydrogen) atoms. The van der Waals surface area contributed by atoms with Gasteiger partial charge in [-0.05, 0) is 24.6 Å². The van der Waals surface area contributed by atoms with Gasteiger partial charge in [-0.2, -0.15) is 0 Å². The Morgan fingerprint density at radius 2 is 1.88 bits per heavy atom. The number of fused-ring (bicyclic) bond motifs is 1. The Kier molecular flexibility index (Phi) is 5.46. The lowest BCUT2D eigenvalue weighted by atomic mass is 9.78. The Hall–Kier alpha value is -2.24. The van der Waals surface area contributed by atoms with Crippen LogP contribution in [-0.2, 0) is 21.4 Å². The quantitative estimate of drug-likeness (QED) is 0.660. The summed E-state index contributed by atoms with van der Waals surface area (Å²) in [6.45, 7) is 2.98. The molecule has 4 nitrogen and oxygen atoms in total. The first kappa shape index (κ1) is 17.6. The van der Waals surface area contributed by atoms with Crippen molar-refractivity contribution in [2.75, 3.05) is 20.3 Å². The minimum atomic E-state index is -0.678. The molecule has 0 aliphatic heterocycles. The number of amides is 1. The zero-order chi connectivity index (χ0) is 17.7. The summed E-state index contributed by atoms with van der Waals surface area (Å²) in [6, 6.07) is 18.0. The first-order valence-electron chi connectivity index (χ1n) is 8.31. The number of hydrogen-bond acceptors (Lipinski definition) is 4. The summed E-state index contributed by atoms with van der Waals surface area (Å²) >= 11 is 1.65. The van der Waals surface area contributed by atoms with E-state index >= 15 is 0 Å². The van der Waals surface area contributed by atoms with Crippen molar-refractivity contribution in [1.29, 1.82) is 0 Å². The van der Waals surface area contributed by atoms with Gasteiger partial charge < -0.3 is 10.1 Å². The molecule has 3 rings (SSSR count). The fourth-order valence-corrected chi connectivity index (χ4v) is 4.00. The van der Waals surface area contributed by atoms with E-state index in [9.17, 15) is 4.79 Å². The van der Waals surface area contributed by atoms with Crippen LogP contribution in [0, 0.1) is 0 Å². The molecule has 3 aromatic rings. The minimum absolute atomic E-state index is 0.00462. The molecule has 0 bridgehead atoms. The number of benzene rings is 2. The zero-order valence-electron chi connectivity index (χ0n) is 14.5. The number of carbonyl (C=O) groups is 1. The van der Waals surface area contributed by atoms with Crippen LogP contribution in [0.3, 0.4) is 0 Å². The highest BCUT2D eigenvalue weighted by Crippen LogP contribution is 2.32. The van der Waals surface area contributed by atoms with Crippen molar-refractivity contribution in [3.05, 3.63) is 65.2 Å². The summed E-state index contributed by atoms with van der Waals surface area (Å²) in [6.07, 6.45) is 0.565. The number of ether oxygens (including phenoxy) is 1. The number of nitrogens with one attached hydrogen (secondary N) is 1. The van der Waals surface area contributed by atoms with E-state index in [2.05, 4.69) is 11.4 Å². The fraction of sp³-hybridized carbons (Fsp3) is 0.300. The second-order valence-electron chi connectivity index (χ2n) is 6.20. The maximum absolute atomic E-state index is 13.0. The number of carbonyl (C=O) groups excluding carboxylic acids is 1. The van der Waals surface area contributed by atoms with Gasteiger partial charge in [0.1, 0.15) is 0 Å². The Labute approximate surface area is 151 Å². The smallest absolute Gasteiger partial charge is 0.230 e. The van der Waals surface area contributed by atoms with Crippen LogP contribution >= 0.6 is 11.3 Å². The van der Waals surface area contributed by atoms with Crippen molar-refractivity contribution in [1.82, 2.24) is 10.3 Å². The minimum Gasteiger partial charge on any atom is -0.383 e. The standard InChI is InChI=1S/C20H22N2O2S/c1-20(15-8-4-3-5-9-15,19(23)21-12-13-24-2)14-18-22-16-10-6-7-11-17(16)25-18/h3-11H,12-14H2,1-2H3,(H,21,23). The van der Waals surface area contributed by atoms with Crippen molar-refractivity contribution in [2.24, 2.45) is 0 Å². The molecule has 1 N–H and O–H groups in total. The Bertz CT molecular complexity index is 814. The highest BCUT2D eigenvalue weighted by atomic mass is 32.1. The maximum atomic E-state index is 13.0. The van der Waals surface area contributed by atoms with Gasteiger partial charge in [0.05, 0.1) is 27.2 Å². The van der Waals surface area contributed by atoms with E-state index < -0.39 is 5.41 Å². The molecule has 0 spiro atoms. The van der Waals surface area contributed by atoms with Crippen LogP contribution in [0.5, 0.6) is 0 Å². The monoisotopic (exact) mass is 354 g/mol. The van der Waals surface area contributed by atoms with Crippen LogP contribution in [0.2, 0.25) is 0 Å². The SMILES string of the molecule is COCCNC(=O)C(C)(Cc1nc2ccccc2s1)c1ccccc1. The third-order valence-corrected chi connectivity index (χ3v) is 5.38. The van der Waals surface area contributed by atoms with E-state index in [0.717, 1.165) is 20.8 Å². The molecule has 1 unspecified atom stereocenters. The van der Waals surface area contributed by atoms with E-state index in [-0.39, 0.29) is 5.91 Å². The van der Waals surface area contributed by atoms with E-state index in [1.54, 1.807) is 18.4 Å². The molecule has 0 radical (unpaired) electrons. The Morgan fingerprint density at radius 3 is 2.60 bits per heavy atom. The first-order valence-corrected chi connectivity index (χ1v) is 9.12. The van der Waals surface area contributed by atoms with Crippen molar-refractivity contribution < 1.29 is 9.53 Å². The van der Waals surface area contributed by atoms with Gasteiger partial charge in [-0.15, -0.1) is 11.3 Å². The molecule has 0 aliphatic carbocycles. The molecule has 0 saturated heterocycles. The molecule has 1 heterocycles. The summed E-state index contributed by atoms with van der Waals surface area (Å²) < 4.78 is 6.19. The number of hydrogen-bond donors (Lipinski definition) is 1. The highest BCUT2D eigenvalue weighted by molar-refractivity contribution is 7.18. The Balaban J connectivity index is 1.91. The van der Waals surface area contributed by atoms with Gasteiger partial charge in [0, 0.05) is 20.1 Å². The van der Waals surface area contributed by atoms with Crippen LogP contribution in [0.4, 0.5) is 0 Å². The number of aromatic nitrogens is 1. The number of methoxy groups -OCH3 is 1. The molecular formula is C20H22N2O2S. The van der Waals surface area contributed by atoms with Gasteiger partial charge >= 0.3 is 0 Å². The number of nitrogens with zero attached hydrogens (tertiary/aromatic N) is 1. The molecule has 1 amide bonds. The molecule has 0 fully saturated rings. The molecule has 0 saturated carbocycles. The van der Waals surface area contributed by atoms with Gasteiger partial charge in [0.25, 0.3) is 0 Å². The summed E-state index contributed by atoms with van der Waals surface area (Å²) in [4.78, 5) is 17.7. The molecule has 0 aliphatic rings. The van der Waals surface area contributed by atoms with Crippen LogP contribution in [0.15, 0.2) is 54.6 Å². The van der Waals surface area contributed by atoms with Crippen LogP contribution in [0.25, 0.3) is 10.2 Å². The van der Waals surface area contributed by atoms with Crippen LogP contribution < -0.4 is 5.32 Å². The maximum Gasteiger partial charge on any atom is 0.230 e. The Morgan fingerprint density at radius 1 is 1.16 bits per heavy atom. The highest BCUT2D eigenvalue weighted by Gasteiger charge is 2.36. The van der Waals surface area contributed by atoms with Gasteiger partial charge in [-0.3, -0.25) is 4.79 Å². The number of rotatable bonds is 7. The van der Waals surface area contributed by atoms with Gasteiger partial charge in [0.2, 0.25) is 5.91 Å². The van der Waals surface area contributed by atoms with Crippen LogP contribution in [0.1, 0.15) is 17.5 Å². The molecule has 2 aromatic carbocycles. The van der Waals surface area contributed by atoms with Crippen molar-refractivity contribution in [3.63, 3.8) is 0 Å². The third kappa shape index (κ3) is 3.89. The third-order valence-electron chi connectivity index (χ3n) is 4.35.